The van der Waals surface area contributed by atoms with Crippen LogP contribution in [0.15, 0.2) is 0 Å². The molecular formula is C13H22O8. The van der Waals surface area contributed by atoms with Crippen LogP contribution >= 0.6 is 0 Å². The minimum absolute atomic E-state index is 0.0237. The average molecular weight is 306 g/mol. The van der Waals surface area contributed by atoms with Gasteiger partial charge in [0, 0.05) is 27.1 Å². The maximum Gasteiger partial charge on any atom is 0.323 e. The van der Waals surface area contributed by atoms with E-state index in [1.165, 1.54) is 28.4 Å². The molecule has 0 aromatic heterocycles. The predicted molar refractivity (Wildman–Crippen MR) is 69.2 cm³/mol. The lowest BCUT2D eigenvalue weighted by Crippen LogP contribution is -2.40. The van der Waals surface area contributed by atoms with Crippen molar-refractivity contribution in [1.82, 2.24) is 0 Å². The van der Waals surface area contributed by atoms with E-state index in [-0.39, 0.29) is 26.4 Å². The van der Waals surface area contributed by atoms with Gasteiger partial charge < -0.3 is 28.4 Å². The summed E-state index contributed by atoms with van der Waals surface area (Å²) in [6.45, 7) is 0.0475. The molecule has 1 fully saturated rings. The van der Waals surface area contributed by atoms with Crippen molar-refractivity contribution in [3.8, 4) is 0 Å². The number of carbonyl (C=O) groups excluding carboxylic acids is 2. The second-order valence-electron chi connectivity index (χ2n) is 4.70. The maximum absolute atomic E-state index is 12.1. The molecule has 2 atom stereocenters. The highest BCUT2D eigenvalue weighted by Gasteiger charge is 2.58. The third kappa shape index (κ3) is 3.91. The van der Waals surface area contributed by atoms with Gasteiger partial charge in [-0.25, -0.2) is 0 Å². The number of hydrogen-bond acceptors (Lipinski definition) is 8. The van der Waals surface area contributed by atoms with Crippen LogP contribution < -0.4 is 0 Å². The molecule has 8 nitrogen and oxygen atoms in total. The summed E-state index contributed by atoms with van der Waals surface area (Å²) in [5, 5.41) is 0. The molecule has 0 amide bonds. The van der Waals surface area contributed by atoms with Gasteiger partial charge in [0.1, 0.15) is 13.6 Å². The van der Waals surface area contributed by atoms with Crippen molar-refractivity contribution in [2.24, 2.45) is 5.41 Å². The minimum atomic E-state index is -1.43. The number of esters is 2. The molecular weight excluding hydrogens is 284 g/mol. The molecule has 0 N–H and O–H groups in total. The first kappa shape index (κ1) is 17.8. The Morgan fingerprint density at radius 1 is 0.857 bits per heavy atom. The Hall–Kier alpha value is -1.22. The van der Waals surface area contributed by atoms with Crippen molar-refractivity contribution in [1.29, 1.82) is 0 Å². The van der Waals surface area contributed by atoms with E-state index >= 15 is 0 Å². The summed E-state index contributed by atoms with van der Waals surface area (Å²) in [5.74, 6) is -1.33. The molecule has 1 rings (SSSR count). The number of rotatable bonds is 8. The zero-order chi connectivity index (χ0) is 15.9. The van der Waals surface area contributed by atoms with E-state index < -0.39 is 29.6 Å². The Balaban J connectivity index is 2.94. The van der Waals surface area contributed by atoms with E-state index in [9.17, 15) is 9.59 Å². The Morgan fingerprint density at radius 3 is 1.52 bits per heavy atom. The van der Waals surface area contributed by atoms with Gasteiger partial charge >= 0.3 is 11.9 Å². The zero-order valence-electron chi connectivity index (χ0n) is 12.7. The molecule has 0 aliphatic heterocycles. The monoisotopic (exact) mass is 306 g/mol. The van der Waals surface area contributed by atoms with Crippen molar-refractivity contribution >= 4 is 11.9 Å². The van der Waals surface area contributed by atoms with Crippen LogP contribution in [0.2, 0.25) is 0 Å². The molecule has 21 heavy (non-hydrogen) atoms. The Kier molecular flexibility index (Phi) is 7.03. The number of ether oxygens (including phenoxy) is 6. The zero-order valence-corrected chi connectivity index (χ0v) is 12.7. The molecule has 1 aliphatic carbocycles. The fourth-order valence-electron chi connectivity index (χ4n) is 2.48. The summed E-state index contributed by atoms with van der Waals surface area (Å²) in [6.07, 6.45) is -0.801. The summed E-state index contributed by atoms with van der Waals surface area (Å²) in [6, 6.07) is 0. The van der Waals surface area contributed by atoms with Crippen LogP contribution in [0.3, 0.4) is 0 Å². The number of hydrogen-bond donors (Lipinski definition) is 0. The van der Waals surface area contributed by atoms with Crippen LogP contribution in [0.5, 0.6) is 0 Å². The lowest BCUT2D eigenvalue weighted by molar-refractivity contribution is -0.170. The van der Waals surface area contributed by atoms with Gasteiger partial charge in [-0.15, -0.1) is 0 Å². The first-order valence-electron chi connectivity index (χ1n) is 6.43. The molecule has 0 aromatic rings. The normalized spacial score (nSPS) is 23.8. The molecule has 8 heteroatoms. The van der Waals surface area contributed by atoms with E-state index in [2.05, 4.69) is 0 Å². The van der Waals surface area contributed by atoms with Crippen LogP contribution in [-0.4, -0.2) is 66.2 Å². The minimum Gasteiger partial charge on any atom is -0.468 e. The first-order valence-corrected chi connectivity index (χ1v) is 6.43. The lowest BCUT2D eigenvalue weighted by atomic mass is 9.86. The van der Waals surface area contributed by atoms with E-state index in [0.717, 1.165) is 0 Å². The highest BCUT2D eigenvalue weighted by atomic mass is 16.7. The maximum atomic E-state index is 12.1. The second-order valence-corrected chi connectivity index (χ2v) is 4.70. The highest BCUT2D eigenvalue weighted by Crippen LogP contribution is 2.43. The first-order chi connectivity index (χ1) is 10.1. The highest BCUT2D eigenvalue weighted by molar-refractivity contribution is 6.00. The van der Waals surface area contributed by atoms with Gasteiger partial charge in [0.2, 0.25) is 0 Å². The van der Waals surface area contributed by atoms with Gasteiger partial charge in [0.25, 0.3) is 0 Å². The summed E-state index contributed by atoms with van der Waals surface area (Å²) >= 11 is 0. The summed E-state index contributed by atoms with van der Waals surface area (Å²) in [4.78, 5) is 24.2. The summed E-state index contributed by atoms with van der Waals surface area (Å²) < 4.78 is 30.2. The third-order valence-corrected chi connectivity index (χ3v) is 3.47. The van der Waals surface area contributed by atoms with Crippen LogP contribution in [0, 0.1) is 5.41 Å². The van der Waals surface area contributed by atoms with Crippen molar-refractivity contribution < 1.29 is 38.0 Å². The summed E-state index contributed by atoms with van der Waals surface area (Å²) in [5.41, 5.74) is -1.43. The van der Waals surface area contributed by atoms with E-state index in [0.29, 0.717) is 0 Å². The van der Waals surface area contributed by atoms with Crippen LogP contribution in [0.25, 0.3) is 0 Å². The molecule has 0 aromatic carbocycles. The topological polar surface area (TPSA) is 89.5 Å². The quantitative estimate of drug-likeness (QED) is 0.354. The Morgan fingerprint density at radius 2 is 1.24 bits per heavy atom. The predicted octanol–water partition coefficient (Wildman–Crippen LogP) is 0.0908. The Labute approximate surface area is 123 Å². The van der Waals surface area contributed by atoms with Gasteiger partial charge in [-0.2, -0.15) is 0 Å². The van der Waals surface area contributed by atoms with Gasteiger partial charge in [0.15, 0.2) is 5.41 Å². The lowest BCUT2D eigenvalue weighted by Gasteiger charge is -2.22. The van der Waals surface area contributed by atoms with Crippen molar-refractivity contribution in [3.05, 3.63) is 0 Å². The molecule has 122 valence electrons. The fourth-order valence-corrected chi connectivity index (χ4v) is 2.48. The van der Waals surface area contributed by atoms with Gasteiger partial charge in [0.05, 0.1) is 26.4 Å². The molecule has 1 saturated carbocycles. The molecule has 0 heterocycles. The van der Waals surface area contributed by atoms with Crippen LogP contribution in [-0.2, 0) is 38.0 Å². The van der Waals surface area contributed by atoms with Crippen LogP contribution in [0.1, 0.15) is 12.8 Å². The number of methoxy groups -OCH3 is 4. The van der Waals surface area contributed by atoms with Crippen molar-refractivity contribution in [2.75, 3.05) is 42.0 Å². The van der Waals surface area contributed by atoms with E-state index in [4.69, 9.17) is 28.4 Å². The van der Waals surface area contributed by atoms with Gasteiger partial charge in [-0.05, 0) is 0 Å². The molecule has 0 radical (unpaired) electrons. The molecule has 0 unspecified atom stereocenters. The second kappa shape index (κ2) is 8.28. The largest absolute Gasteiger partial charge is 0.468 e. The smallest absolute Gasteiger partial charge is 0.323 e. The van der Waals surface area contributed by atoms with E-state index in [1.54, 1.807) is 0 Å². The fraction of sp³-hybridized carbons (Fsp3) is 0.846. The number of carbonyl (C=O) groups is 2. The molecule has 0 bridgehead atoms. The Bertz CT molecular complexity index is 322. The van der Waals surface area contributed by atoms with Crippen molar-refractivity contribution in [2.45, 2.75) is 25.0 Å². The summed E-state index contributed by atoms with van der Waals surface area (Å²) in [7, 11) is 5.41. The standard InChI is InChI=1S/C13H22O8/c1-16-7-20-9-5-13(11(14)18-3,12(15)19-4)6-10(9)21-8-17-2/h9-10H,5-8H2,1-4H3/t9-,10-/m0/s1. The third-order valence-electron chi connectivity index (χ3n) is 3.47. The SMILES string of the molecule is COCO[C@H]1CC(C(=O)OC)(C(=O)OC)C[C@@H]1OCOC. The molecule has 0 spiro atoms. The van der Waals surface area contributed by atoms with E-state index in [1.807, 2.05) is 0 Å². The van der Waals surface area contributed by atoms with Gasteiger partial charge in [-0.1, -0.05) is 0 Å². The van der Waals surface area contributed by atoms with Crippen molar-refractivity contribution in [3.63, 3.8) is 0 Å². The van der Waals surface area contributed by atoms with Crippen LogP contribution in [0.4, 0.5) is 0 Å². The van der Waals surface area contributed by atoms with Gasteiger partial charge in [-0.3, -0.25) is 9.59 Å². The molecule has 1 aliphatic rings. The molecule has 0 saturated heterocycles. The average Bonchev–Trinajstić information content (AvgIpc) is 2.89.